The monoisotopic (exact) mass is 291 g/mol. The summed E-state index contributed by atoms with van der Waals surface area (Å²) >= 11 is 0. The molecule has 6 nitrogen and oxygen atoms in total. The Morgan fingerprint density at radius 3 is 2.35 bits per heavy atom. The third-order valence-corrected chi connectivity index (χ3v) is 1.81. The average Bonchev–Trinajstić information content (AvgIpc) is 2.37. The van der Waals surface area contributed by atoms with Crippen LogP contribution in [0, 0.1) is 20.4 Å². The van der Waals surface area contributed by atoms with Gasteiger partial charge in [0.2, 0.25) is 5.91 Å². The summed E-state index contributed by atoms with van der Waals surface area (Å²) in [6.07, 6.45) is 2.85. The van der Waals surface area contributed by atoms with Crippen molar-refractivity contribution in [1.29, 1.82) is 0 Å². The van der Waals surface area contributed by atoms with Crippen LogP contribution in [0.1, 0.15) is 5.56 Å². The first-order valence-electron chi connectivity index (χ1n) is 5.27. The fourth-order valence-corrected chi connectivity index (χ4v) is 0.782. The second kappa shape index (κ2) is 14.1. The van der Waals surface area contributed by atoms with E-state index in [2.05, 4.69) is 21.1 Å². The van der Waals surface area contributed by atoms with Crippen LogP contribution in [-0.2, 0) is 9.53 Å². The van der Waals surface area contributed by atoms with Gasteiger partial charge in [-0.15, -0.1) is 6.92 Å². The summed E-state index contributed by atoms with van der Waals surface area (Å²) in [6.45, 7) is 1.96. The van der Waals surface area contributed by atoms with E-state index in [0.29, 0.717) is 0 Å². The second-order valence-corrected chi connectivity index (χ2v) is 3.60. The summed E-state index contributed by atoms with van der Waals surface area (Å²) in [5, 5.41) is 2.26. The Hall–Kier alpha value is -1.34. The van der Waals surface area contributed by atoms with Gasteiger partial charge in [0.15, 0.2) is 0 Å². The van der Waals surface area contributed by atoms with E-state index < -0.39 is 6.09 Å². The average molecular weight is 292 g/mol. The van der Waals surface area contributed by atoms with E-state index in [-0.39, 0.29) is 42.9 Å². The quantitative estimate of drug-likeness (QED) is 0.643. The van der Waals surface area contributed by atoms with Crippen molar-refractivity contribution < 1.29 is 14.3 Å². The van der Waals surface area contributed by atoms with Crippen LogP contribution in [0.4, 0.5) is 4.79 Å². The molecule has 0 unspecified atom stereocenters. The number of rotatable bonds is 2. The zero-order valence-electron chi connectivity index (χ0n) is 12.8. The molecule has 1 N–H and O–H groups in total. The smallest absolute Gasteiger partial charge is 0.453 e. The third-order valence-electron chi connectivity index (χ3n) is 1.81. The van der Waals surface area contributed by atoms with E-state index >= 15 is 0 Å². The maximum atomic E-state index is 10.8. The van der Waals surface area contributed by atoms with Crippen molar-refractivity contribution >= 4 is 35.1 Å². The van der Waals surface area contributed by atoms with Crippen molar-refractivity contribution in [3.8, 4) is 0 Å². The van der Waals surface area contributed by atoms with Crippen LogP contribution in [0.2, 0.25) is 0 Å². The van der Waals surface area contributed by atoms with Gasteiger partial charge in [-0.05, 0) is 0 Å². The van der Waals surface area contributed by atoms with Gasteiger partial charge < -0.3 is 27.4 Å². The van der Waals surface area contributed by atoms with Gasteiger partial charge in [-0.3, -0.25) is 4.79 Å². The molecule has 1 heterocycles. The number of pyridine rings is 1. The molecule has 20 heavy (non-hydrogen) atoms. The Morgan fingerprint density at radius 1 is 1.45 bits per heavy atom. The minimum atomic E-state index is -0.597. The number of amides is 2. The molecule has 0 atom stereocenters. The largest absolute Gasteiger partial charge is 2.00 e. The maximum absolute atomic E-state index is 10.8. The predicted octanol–water partition coefficient (Wildman–Crippen LogP) is 0.690. The first-order chi connectivity index (χ1) is 8.47. The van der Waals surface area contributed by atoms with Crippen molar-refractivity contribution in [1.82, 2.24) is 15.2 Å². The summed E-state index contributed by atoms with van der Waals surface area (Å²) in [5.41, 5.74) is 1.16. The number of aryl methyl sites for hydroxylation is 1. The maximum Gasteiger partial charge on any atom is 2.00 e. The third kappa shape index (κ3) is 13.1. The van der Waals surface area contributed by atoms with Gasteiger partial charge in [-0.25, -0.2) is 16.9 Å². The van der Waals surface area contributed by atoms with Crippen LogP contribution < -0.4 is 5.32 Å². The minimum absolute atomic E-state index is 0. The number of nitrogens with one attached hydrogen (secondary N) is 1. The van der Waals surface area contributed by atoms with E-state index in [4.69, 9.17) is 0 Å². The number of likely N-dealkylation sites (N-methyl/N-ethyl adjacent to an activating group) is 1. The number of carbonyl (C=O) groups excluding carboxylic acids is 2. The van der Waals surface area contributed by atoms with Gasteiger partial charge >= 0.3 is 29.1 Å². The van der Waals surface area contributed by atoms with Crippen molar-refractivity contribution in [2.45, 2.75) is 6.92 Å². The molecule has 0 radical (unpaired) electrons. The normalized spacial score (nSPS) is 7.80. The molecule has 0 aromatic carbocycles. The van der Waals surface area contributed by atoms with Gasteiger partial charge in [-0.1, -0.05) is 12.4 Å². The van der Waals surface area contributed by atoms with E-state index in [0.717, 1.165) is 5.56 Å². The van der Waals surface area contributed by atoms with Gasteiger partial charge in [-0.2, -0.15) is 5.56 Å². The SMILES string of the molecule is COC(=O)NCC(=O)N(C)C.Cc1c[c-]cnc1.[CH3-].[Mg+2]. The molecule has 108 valence electrons. The van der Waals surface area contributed by atoms with Crippen molar-refractivity contribution in [2.75, 3.05) is 27.7 Å². The molecule has 7 heteroatoms. The number of methoxy groups -OCH3 is 1. The minimum Gasteiger partial charge on any atom is -0.453 e. The molecule has 0 saturated carbocycles. The van der Waals surface area contributed by atoms with Gasteiger partial charge in [0.05, 0.1) is 7.11 Å². The topological polar surface area (TPSA) is 71.5 Å². The van der Waals surface area contributed by atoms with E-state index in [1.165, 1.54) is 12.0 Å². The van der Waals surface area contributed by atoms with E-state index in [1.807, 2.05) is 13.0 Å². The molecule has 0 aliphatic carbocycles. The molecule has 0 aliphatic rings. The Kier molecular flexibility index (Phi) is 16.7. The first kappa shape index (κ1) is 23.7. The van der Waals surface area contributed by atoms with Gasteiger partial charge in [0.25, 0.3) is 0 Å². The number of aromatic nitrogens is 1. The molecular weight excluding hydrogens is 270 g/mol. The fraction of sp³-hybridized carbons (Fsp3) is 0.385. The van der Waals surface area contributed by atoms with Crippen molar-refractivity contribution in [2.24, 2.45) is 0 Å². The van der Waals surface area contributed by atoms with Crippen LogP contribution in [-0.4, -0.2) is 72.7 Å². The number of alkyl carbamates (subject to hydrolysis) is 1. The zero-order valence-corrected chi connectivity index (χ0v) is 14.2. The number of ether oxygens (including phenoxy) is 1. The number of hydrogen-bond acceptors (Lipinski definition) is 4. The first-order valence-corrected chi connectivity index (χ1v) is 5.27. The molecule has 0 aliphatic heterocycles. The Balaban J connectivity index is -0.000000280. The molecule has 1 rings (SSSR count). The summed E-state index contributed by atoms with van der Waals surface area (Å²) < 4.78 is 4.26. The molecule has 1 aromatic rings. The molecule has 0 spiro atoms. The predicted molar refractivity (Wildman–Crippen MR) is 79.1 cm³/mol. The number of nitrogens with zero attached hydrogens (tertiary/aromatic N) is 2. The Bertz CT molecular complexity index is 372. The van der Waals surface area contributed by atoms with Gasteiger partial charge in [0.1, 0.15) is 6.54 Å². The van der Waals surface area contributed by atoms with Crippen LogP contribution in [0.15, 0.2) is 18.5 Å². The van der Waals surface area contributed by atoms with Crippen LogP contribution in [0.3, 0.4) is 0 Å². The number of hydrogen-bond donors (Lipinski definition) is 1. The van der Waals surface area contributed by atoms with Crippen LogP contribution in [0.5, 0.6) is 0 Å². The molecule has 1 aromatic heterocycles. The Labute approximate surface area is 137 Å². The summed E-state index contributed by atoms with van der Waals surface area (Å²) in [5.74, 6) is -0.171. The zero-order chi connectivity index (χ0) is 14.0. The van der Waals surface area contributed by atoms with Crippen molar-refractivity contribution in [3.05, 3.63) is 37.5 Å². The Morgan fingerprint density at radius 2 is 2.05 bits per heavy atom. The standard InChI is InChI=1S/C6H12N2O3.C6H6N.CH3.Mg/c1-8(2)5(9)4-7-6(10)11-3;1-6-3-2-4-7-5-6;;/h4H2,1-3H3,(H,7,10);3-5H,1H3;1H3;/q;2*-1;+2. The summed E-state index contributed by atoms with van der Waals surface area (Å²) in [7, 11) is 4.47. The molecule has 0 bridgehead atoms. The molecule has 0 fully saturated rings. The molecule has 2 amide bonds. The van der Waals surface area contributed by atoms with Crippen molar-refractivity contribution in [3.63, 3.8) is 0 Å². The summed E-state index contributed by atoms with van der Waals surface area (Å²) in [4.78, 5) is 26.5. The van der Waals surface area contributed by atoms with Gasteiger partial charge in [0, 0.05) is 14.1 Å². The summed E-state index contributed by atoms with van der Waals surface area (Å²) in [6, 6.07) is 4.75. The number of carbonyl (C=O) groups is 2. The van der Waals surface area contributed by atoms with E-state index in [9.17, 15) is 9.59 Å². The fourth-order valence-electron chi connectivity index (χ4n) is 0.782. The molecule has 0 saturated heterocycles. The van der Waals surface area contributed by atoms with Crippen LogP contribution >= 0.6 is 0 Å². The van der Waals surface area contributed by atoms with Crippen LogP contribution in [0.25, 0.3) is 0 Å². The van der Waals surface area contributed by atoms with E-state index in [1.54, 1.807) is 26.5 Å². The second-order valence-electron chi connectivity index (χ2n) is 3.60. The molecular formula is C13H21MgN3O3.